The molecule has 18 heavy (non-hydrogen) atoms. The molecule has 0 aliphatic rings. The van der Waals surface area contributed by atoms with E-state index in [-0.39, 0.29) is 5.75 Å². The third kappa shape index (κ3) is 2.77. The molecule has 3 heteroatoms. The molecular weight excluding hydrogens is 246 g/mol. The Morgan fingerprint density at radius 2 is 1.94 bits per heavy atom. The van der Waals surface area contributed by atoms with E-state index in [1.165, 1.54) is 11.1 Å². The molecule has 0 amide bonds. The maximum Gasteiger partial charge on any atom is 0.122 e. The van der Waals surface area contributed by atoms with E-state index in [0.29, 0.717) is 11.6 Å². The third-order valence-electron chi connectivity index (χ3n) is 2.93. The predicted octanol–water partition coefficient (Wildman–Crippen LogP) is 4.27. The van der Waals surface area contributed by atoms with Crippen LogP contribution in [0, 0.1) is 13.8 Å². The fourth-order valence-corrected chi connectivity index (χ4v) is 2.15. The Bertz CT molecular complexity index is 546. The molecule has 0 unspecified atom stereocenters. The molecule has 0 heterocycles. The summed E-state index contributed by atoms with van der Waals surface area (Å²) in [6.45, 7) is 4.63. The number of hydrogen-bond donors (Lipinski definition) is 2. The van der Waals surface area contributed by atoms with Gasteiger partial charge in [-0.25, -0.2) is 0 Å². The van der Waals surface area contributed by atoms with Crippen LogP contribution in [0.3, 0.4) is 0 Å². The van der Waals surface area contributed by atoms with Gasteiger partial charge in [-0.15, -0.1) is 0 Å². The maximum absolute atomic E-state index is 9.76. The van der Waals surface area contributed by atoms with Crippen molar-refractivity contribution < 1.29 is 5.11 Å². The summed E-state index contributed by atoms with van der Waals surface area (Å²) < 4.78 is 0. The number of halogens is 1. The van der Waals surface area contributed by atoms with E-state index in [2.05, 4.69) is 31.3 Å². The van der Waals surface area contributed by atoms with Gasteiger partial charge in [-0.3, -0.25) is 0 Å². The van der Waals surface area contributed by atoms with Crippen molar-refractivity contribution >= 4 is 17.3 Å². The Balaban J connectivity index is 2.16. The van der Waals surface area contributed by atoms with Gasteiger partial charge in [0.15, 0.2) is 0 Å². The van der Waals surface area contributed by atoms with Crippen LogP contribution in [0.4, 0.5) is 5.69 Å². The van der Waals surface area contributed by atoms with Crippen molar-refractivity contribution in [3.63, 3.8) is 0 Å². The summed E-state index contributed by atoms with van der Waals surface area (Å²) in [5.74, 6) is 0.222. The number of hydrogen-bond acceptors (Lipinski definition) is 2. The first-order chi connectivity index (χ1) is 8.58. The molecule has 0 atom stereocenters. The van der Waals surface area contributed by atoms with Gasteiger partial charge in [0.1, 0.15) is 5.75 Å². The molecule has 2 nitrogen and oxygen atoms in total. The first-order valence-electron chi connectivity index (χ1n) is 5.85. The van der Waals surface area contributed by atoms with Crippen LogP contribution >= 0.6 is 11.6 Å². The first-order valence-corrected chi connectivity index (χ1v) is 6.23. The van der Waals surface area contributed by atoms with Crippen LogP contribution in [0.15, 0.2) is 36.4 Å². The number of aryl methyl sites for hydroxylation is 2. The molecule has 0 fully saturated rings. The van der Waals surface area contributed by atoms with Gasteiger partial charge in [-0.2, -0.15) is 0 Å². The normalized spacial score (nSPS) is 10.4. The van der Waals surface area contributed by atoms with Crippen LogP contribution < -0.4 is 5.32 Å². The summed E-state index contributed by atoms with van der Waals surface area (Å²) >= 11 is 6.06. The SMILES string of the molecule is Cc1ccc(NCc2c(O)cccc2Cl)c(C)c1. The minimum atomic E-state index is 0.222. The van der Waals surface area contributed by atoms with Gasteiger partial charge in [0, 0.05) is 22.8 Å². The molecule has 2 rings (SSSR count). The lowest BCUT2D eigenvalue weighted by Crippen LogP contribution is -2.02. The molecule has 0 saturated carbocycles. The molecule has 2 N–H and O–H groups in total. The second-order valence-corrected chi connectivity index (χ2v) is 4.82. The van der Waals surface area contributed by atoms with Crippen LogP contribution in [0.2, 0.25) is 5.02 Å². The lowest BCUT2D eigenvalue weighted by atomic mass is 10.1. The summed E-state index contributed by atoms with van der Waals surface area (Å²) in [6.07, 6.45) is 0. The van der Waals surface area contributed by atoms with Gasteiger partial charge in [0.2, 0.25) is 0 Å². The van der Waals surface area contributed by atoms with E-state index in [1.807, 2.05) is 6.07 Å². The summed E-state index contributed by atoms with van der Waals surface area (Å²) in [7, 11) is 0. The van der Waals surface area contributed by atoms with Gasteiger partial charge in [-0.05, 0) is 37.6 Å². The monoisotopic (exact) mass is 261 g/mol. The molecule has 0 saturated heterocycles. The van der Waals surface area contributed by atoms with Crippen molar-refractivity contribution in [1.82, 2.24) is 0 Å². The Kier molecular flexibility index (Phi) is 3.78. The highest BCUT2D eigenvalue weighted by Crippen LogP contribution is 2.26. The quantitative estimate of drug-likeness (QED) is 0.865. The molecular formula is C15H16ClNO. The van der Waals surface area contributed by atoms with Crippen molar-refractivity contribution in [3.8, 4) is 5.75 Å². The summed E-state index contributed by atoms with van der Waals surface area (Å²) in [5, 5.41) is 13.6. The highest BCUT2D eigenvalue weighted by Gasteiger charge is 2.06. The number of nitrogens with one attached hydrogen (secondary N) is 1. The highest BCUT2D eigenvalue weighted by molar-refractivity contribution is 6.31. The highest BCUT2D eigenvalue weighted by atomic mass is 35.5. The zero-order valence-corrected chi connectivity index (χ0v) is 11.3. The Labute approximate surface area is 112 Å². The van der Waals surface area contributed by atoms with Crippen LogP contribution in [-0.2, 0) is 6.54 Å². The van der Waals surface area contributed by atoms with E-state index >= 15 is 0 Å². The smallest absolute Gasteiger partial charge is 0.122 e. The van der Waals surface area contributed by atoms with Crippen LogP contribution in [-0.4, -0.2) is 5.11 Å². The number of rotatable bonds is 3. The van der Waals surface area contributed by atoms with Crippen molar-refractivity contribution in [2.24, 2.45) is 0 Å². The molecule has 2 aromatic rings. The zero-order valence-electron chi connectivity index (χ0n) is 10.5. The number of phenols is 1. The fraction of sp³-hybridized carbons (Fsp3) is 0.200. The molecule has 2 aromatic carbocycles. The molecule has 94 valence electrons. The largest absolute Gasteiger partial charge is 0.508 e. The van der Waals surface area contributed by atoms with E-state index in [9.17, 15) is 5.11 Å². The van der Waals surface area contributed by atoms with Gasteiger partial charge >= 0.3 is 0 Å². The lowest BCUT2D eigenvalue weighted by molar-refractivity contribution is 0.469. The number of aromatic hydroxyl groups is 1. The van der Waals surface area contributed by atoms with E-state index in [4.69, 9.17) is 11.6 Å². The average molecular weight is 262 g/mol. The van der Waals surface area contributed by atoms with Crippen LogP contribution in [0.5, 0.6) is 5.75 Å². The molecule has 0 aromatic heterocycles. The molecule has 0 radical (unpaired) electrons. The number of phenolic OH excluding ortho intramolecular Hbond substituents is 1. The average Bonchev–Trinajstić information content (AvgIpc) is 2.31. The van der Waals surface area contributed by atoms with E-state index < -0.39 is 0 Å². The molecule has 0 aliphatic heterocycles. The minimum absolute atomic E-state index is 0.222. The van der Waals surface area contributed by atoms with Gasteiger partial charge in [0.25, 0.3) is 0 Å². The summed E-state index contributed by atoms with van der Waals surface area (Å²) in [6, 6.07) is 11.4. The molecule has 0 bridgehead atoms. The van der Waals surface area contributed by atoms with Gasteiger partial charge in [-0.1, -0.05) is 35.4 Å². The maximum atomic E-state index is 9.76. The fourth-order valence-electron chi connectivity index (χ4n) is 1.92. The third-order valence-corrected chi connectivity index (χ3v) is 3.29. The minimum Gasteiger partial charge on any atom is -0.508 e. The van der Waals surface area contributed by atoms with Gasteiger partial charge < -0.3 is 10.4 Å². The Morgan fingerprint density at radius 1 is 1.17 bits per heavy atom. The van der Waals surface area contributed by atoms with Crippen molar-refractivity contribution in [1.29, 1.82) is 0 Å². The topological polar surface area (TPSA) is 32.3 Å². The number of anilines is 1. The molecule has 0 aliphatic carbocycles. The standard InChI is InChI=1S/C15H16ClNO/c1-10-6-7-14(11(2)8-10)17-9-12-13(16)4-3-5-15(12)18/h3-8,17-18H,9H2,1-2H3. The van der Waals surface area contributed by atoms with Crippen molar-refractivity contribution in [3.05, 3.63) is 58.1 Å². The van der Waals surface area contributed by atoms with Gasteiger partial charge in [0.05, 0.1) is 0 Å². The van der Waals surface area contributed by atoms with E-state index in [1.54, 1.807) is 18.2 Å². The number of benzene rings is 2. The van der Waals surface area contributed by atoms with Crippen molar-refractivity contribution in [2.45, 2.75) is 20.4 Å². The van der Waals surface area contributed by atoms with Crippen LogP contribution in [0.25, 0.3) is 0 Å². The predicted molar refractivity (Wildman–Crippen MR) is 76.4 cm³/mol. The summed E-state index contributed by atoms with van der Waals surface area (Å²) in [5.41, 5.74) is 4.19. The van der Waals surface area contributed by atoms with Crippen molar-refractivity contribution in [2.75, 3.05) is 5.32 Å². The molecule has 0 spiro atoms. The second kappa shape index (κ2) is 5.32. The zero-order chi connectivity index (χ0) is 13.1. The summed E-state index contributed by atoms with van der Waals surface area (Å²) in [4.78, 5) is 0. The second-order valence-electron chi connectivity index (χ2n) is 4.41. The first kappa shape index (κ1) is 12.8. The lowest BCUT2D eigenvalue weighted by Gasteiger charge is -2.12. The Hall–Kier alpha value is -1.67. The van der Waals surface area contributed by atoms with Crippen LogP contribution in [0.1, 0.15) is 16.7 Å². The van der Waals surface area contributed by atoms with E-state index in [0.717, 1.165) is 11.3 Å². The Morgan fingerprint density at radius 3 is 2.61 bits per heavy atom.